The molecule has 10 heteroatoms. The van der Waals surface area contributed by atoms with E-state index in [1.165, 1.54) is 11.3 Å². The van der Waals surface area contributed by atoms with Crippen molar-refractivity contribution in [3.05, 3.63) is 40.9 Å². The molecule has 31 heavy (non-hydrogen) atoms. The second kappa shape index (κ2) is 9.35. The average molecular weight is 463 g/mol. The number of anilines is 1. The lowest BCUT2D eigenvalue weighted by Crippen LogP contribution is -2.36. The summed E-state index contributed by atoms with van der Waals surface area (Å²) in [6.07, 6.45) is 4.85. The number of benzene rings is 1. The number of carbonyl (C=O) groups excluding carboxylic acids is 2. The molecule has 1 aromatic carbocycles. The summed E-state index contributed by atoms with van der Waals surface area (Å²) in [5, 5.41) is 6.31. The van der Waals surface area contributed by atoms with Gasteiger partial charge in [-0.3, -0.25) is 10.1 Å². The van der Waals surface area contributed by atoms with Crippen LogP contribution in [0.25, 0.3) is 0 Å². The number of fused-ring (bicyclic) bond motifs is 1. The molecule has 1 aromatic heterocycles. The van der Waals surface area contributed by atoms with Crippen LogP contribution in [0.3, 0.4) is 0 Å². The number of sulfone groups is 1. The molecule has 2 aromatic rings. The molecular weight excluding hydrogens is 436 g/mol. The molecule has 2 N–H and O–H groups in total. The Morgan fingerprint density at radius 3 is 2.65 bits per heavy atom. The Morgan fingerprint density at radius 2 is 1.90 bits per heavy atom. The van der Waals surface area contributed by atoms with E-state index >= 15 is 0 Å². The lowest BCUT2D eigenvalue weighted by atomic mass is 10.1. The summed E-state index contributed by atoms with van der Waals surface area (Å²) in [5.41, 5.74) is 0.891. The summed E-state index contributed by atoms with van der Waals surface area (Å²) in [6.45, 7) is 0.887. The summed E-state index contributed by atoms with van der Waals surface area (Å²) >= 11 is 1.37. The van der Waals surface area contributed by atoms with Crippen molar-refractivity contribution in [2.45, 2.75) is 56.0 Å². The lowest BCUT2D eigenvalue weighted by molar-refractivity contribution is -0.131. The minimum Gasteiger partial charge on any atom is -0.337 e. The third-order valence-corrected chi connectivity index (χ3v) is 8.41. The zero-order chi connectivity index (χ0) is 21.8. The highest BCUT2D eigenvalue weighted by Gasteiger charge is 2.26. The molecule has 0 atom stereocenters. The van der Waals surface area contributed by atoms with Gasteiger partial charge in [-0.2, -0.15) is 0 Å². The molecule has 1 aliphatic carbocycles. The van der Waals surface area contributed by atoms with Crippen LogP contribution in [0, 0.1) is 0 Å². The van der Waals surface area contributed by atoms with Crippen LogP contribution in [0.5, 0.6) is 0 Å². The SMILES string of the molecule is O=C(Nc1nc2c(s1)CN(C(=O)CCS(=O)(=O)c1ccccc1)CC2)NC1CCCC1. The Labute approximate surface area is 186 Å². The number of aromatic nitrogens is 1. The number of hydrogen-bond acceptors (Lipinski definition) is 6. The number of thiazole rings is 1. The summed E-state index contributed by atoms with van der Waals surface area (Å²) in [4.78, 5) is 32.1. The normalized spacial score (nSPS) is 16.7. The Morgan fingerprint density at radius 1 is 1.16 bits per heavy atom. The molecule has 1 saturated carbocycles. The van der Waals surface area contributed by atoms with E-state index in [1.807, 2.05) is 0 Å². The van der Waals surface area contributed by atoms with E-state index in [1.54, 1.807) is 35.2 Å². The van der Waals surface area contributed by atoms with Gasteiger partial charge in [-0.1, -0.05) is 42.4 Å². The number of rotatable bonds is 6. The van der Waals surface area contributed by atoms with Crippen molar-refractivity contribution in [1.82, 2.24) is 15.2 Å². The average Bonchev–Trinajstić information content (AvgIpc) is 3.41. The van der Waals surface area contributed by atoms with Crippen molar-refractivity contribution in [2.24, 2.45) is 0 Å². The monoisotopic (exact) mass is 462 g/mol. The summed E-state index contributed by atoms with van der Waals surface area (Å²) < 4.78 is 24.8. The number of amides is 3. The highest BCUT2D eigenvalue weighted by atomic mass is 32.2. The fraction of sp³-hybridized carbons (Fsp3) is 0.476. The quantitative estimate of drug-likeness (QED) is 0.686. The van der Waals surface area contributed by atoms with Crippen LogP contribution in [0.15, 0.2) is 35.2 Å². The van der Waals surface area contributed by atoms with E-state index in [-0.39, 0.29) is 35.0 Å². The van der Waals surface area contributed by atoms with Gasteiger partial charge in [-0.05, 0) is 25.0 Å². The first-order valence-electron chi connectivity index (χ1n) is 10.5. The van der Waals surface area contributed by atoms with Gasteiger partial charge < -0.3 is 10.2 Å². The fourth-order valence-corrected chi connectivity index (χ4v) is 6.25. The second-order valence-electron chi connectivity index (χ2n) is 7.92. The third-order valence-electron chi connectivity index (χ3n) is 5.68. The van der Waals surface area contributed by atoms with Crippen molar-refractivity contribution in [1.29, 1.82) is 0 Å². The summed E-state index contributed by atoms with van der Waals surface area (Å²) in [6, 6.07) is 8.18. The second-order valence-corrected chi connectivity index (χ2v) is 11.1. The number of nitrogens with zero attached hydrogens (tertiary/aromatic N) is 2. The van der Waals surface area contributed by atoms with Crippen LogP contribution >= 0.6 is 11.3 Å². The maximum absolute atomic E-state index is 12.6. The molecular formula is C21H26N4O4S2. The zero-order valence-electron chi connectivity index (χ0n) is 17.2. The van der Waals surface area contributed by atoms with Crippen molar-refractivity contribution < 1.29 is 18.0 Å². The summed E-state index contributed by atoms with van der Waals surface area (Å²) in [7, 11) is -3.49. The molecule has 0 radical (unpaired) electrons. The number of urea groups is 1. The van der Waals surface area contributed by atoms with Gasteiger partial charge >= 0.3 is 6.03 Å². The van der Waals surface area contributed by atoms with E-state index in [4.69, 9.17) is 0 Å². The van der Waals surface area contributed by atoms with Gasteiger partial charge in [-0.15, -0.1) is 0 Å². The molecule has 2 heterocycles. The van der Waals surface area contributed by atoms with Gasteiger partial charge in [-0.25, -0.2) is 18.2 Å². The Bertz CT molecular complexity index is 1050. The molecule has 0 spiro atoms. The number of nitrogens with one attached hydrogen (secondary N) is 2. The molecule has 3 amide bonds. The van der Waals surface area contributed by atoms with Crippen LogP contribution in [0.1, 0.15) is 42.7 Å². The van der Waals surface area contributed by atoms with E-state index in [0.717, 1.165) is 36.3 Å². The fourth-order valence-electron chi connectivity index (χ4n) is 3.98. The van der Waals surface area contributed by atoms with Gasteiger partial charge in [0.25, 0.3) is 0 Å². The van der Waals surface area contributed by atoms with Crippen LogP contribution in [0.4, 0.5) is 9.93 Å². The minimum atomic E-state index is -3.49. The van der Waals surface area contributed by atoms with Crippen molar-refractivity contribution in [3.63, 3.8) is 0 Å². The van der Waals surface area contributed by atoms with Crippen LogP contribution in [-0.4, -0.2) is 48.6 Å². The van der Waals surface area contributed by atoms with E-state index < -0.39 is 9.84 Å². The van der Waals surface area contributed by atoms with Crippen molar-refractivity contribution >= 4 is 38.2 Å². The standard InChI is InChI=1S/C21H26N4O4S2/c26-19(11-13-31(28,29)16-8-2-1-3-9-16)25-12-10-17-18(14-25)30-21(23-17)24-20(27)22-15-6-4-5-7-15/h1-3,8-9,15H,4-7,10-14H2,(H2,22,23,24,27). The van der Waals surface area contributed by atoms with Crippen LogP contribution in [-0.2, 0) is 27.6 Å². The maximum atomic E-state index is 12.6. The highest BCUT2D eigenvalue weighted by Crippen LogP contribution is 2.29. The highest BCUT2D eigenvalue weighted by molar-refractivity contribution is 7.91. The van der Waals surface area contributed by atoms with Gasteiger partial charge in [0.2, 0.25) is 5.91 Å². The van der Waals surface area contributed by atoms with Crippen molar-refractivity contribution in [3.8, 4) is 0 Å². The number of hydrogen-bond donors (Lipinski definition) is 2. The first-order valence-corrected chi connectivity index (χ1v) is 13.0. The topological polar surface area (TPSA) is 108 Å². The van der Waals surface area contributed by atoms with Gasteiger partial charge in [0, 0.05) is 30.3 Å². The summed E-state index contributed by atoms with van der Waals surface area (Å²) in [5.74, 6) is -0.400. The van der Waals surface area contributed by atoms with Gasteiger partial charge in [0.05, 0.1) is 22.9 Å². The molecule has 1 fully saturated rings. The van der Waals surface area contributed by atoms with Gasteiger partial charge in [0.1, 0.15) is 0 Å². The largest absolute Gasteiger partial charge is 0.337 e. The lowest BCUT2D eigenvalue weighted by Gasteiger charge is -2.26. The van der Waals surface area contributed by atoms with E-state index in [9.17, 15) is 18.0 Å². The van der Waals surface area contributed by atoms with E-state index in [2.05, 4.69) is 15.6 Å². The molecule has 8 nitrogen and oxygen atoms in total. The van der Waals surface area contributed by atoms with Gasteiger partial charge in [0.15, 0.2) is 15.0 Å². The first kappa shape index (κ1) is 21.8. The molecule has 166 valence electrons. The van der Waals surface area contributed by atoms with Crippen molar-refractivity contribution in [2.75, 3.05) is 17.6 Å². The first-order chi connectivity index (χ1) is 14.9. The predicted molar refractivity (Wildman–Crippen MR) is 119 cm³/mol. The molecule has 4 rings (SSSR count). The molecule has 1 aliphatic heterocycles. The Balaban J connectivity index is 1.31. The Kier molecular flexibility index (Phi) is 6.57. The molecule has 0 unspecified atom stereocenters. The van der Waals surface area contributed by atoms with E-state index in [0.29, 0.717) is 24.6 Å². The van der Waals surface area contributed by atoms with Crippen LogP contribution < -0.4 is 10.6 Å². The molecule has 2 aliphatic rings. The maximum Gasteiger partial charge on any atom is 0.321 e. The Hall–Kier alpha value is -2.46. The molecule has 0 bridgehead atoms. The molecule has 0 saturated heterocycles. The minimum absolute atomic E-state index is 0.0553. The smallest absolute Gasteiger partial charge is 0.321 e. The number of carbonyl (C=O) groups is 2. The third kappa shape index (κ3) is 5.43. The van der Waals surface area contributed by atoms with Crippen LogP contribution in [0.2, 0.25) is 0 Å². The predicted octanol–water partition coefficient (Wildman–Crippen LogP) is 2.96. The zero-order valence-corrected chi connectivity index (χ0v) is 18.8.